The second-order valence-electron chi connectivity index (χ2n) is 22.7. The van der Waals surface area contributed by atoms with Gasteiger partial charge < -0.3 is 50.2 Å². The van der Waals surface area contributed by atoms with Gasteiger partial charge in [-0.3, -0.25) is 10.1 Å². The van der Waals surface area contributed by atoms with Crippen molar-refractivity contribution < 1.29 is 32.6 Å². The highest BCUT2D eigenvalue weighted by Crippen LogP contribution is 2.55. The summed E-state index contributed by atoms with van der Waals surface area (Å²) in [6.07, 6.45) is 9.65. The fraction of sp³-hybridized carbons (Fsp3) is 0.424. The summed E-state index contributed by atoms with van der Waals surface area (Å²) in [6, 6.07) is 35.0. The highest BCUT2D eigenvalue weighted by atomic mass is 19.3. The zero-order valence-corrected chi connectivity index (χ0v) is 49.2. The molecule has 5 aromatic rings. The quantitative estimate of drug-likeness (QED) is 0.0241. The predicted octanol–water partition coefficient (Wildman–Crippen LogP) is 11.1. The second kappa shape index (κ2) is 28.8. The number of alkyl halides is 2. The molecule has 10 rings (SSSR count). The van der Waals surface area contributed by atoms with Gasteiger partial charge in [0.1, 0.15) is 24.4 Å². The maximum atomic E-state index is 13.4. The molecule has 4 aromatic carbocycles. The Labute approximate surface area is 489 Å². The molecule has 0 radical (unpaired) electrons. The number of ether oxygens (including phenoxy) is 3. The van der Waals surface area contributed by atoms with Crippen molar-refractivity contribution in [2.24, 2.45) is 10.4 Å². The van der Waals surface area contributed by atoms with Crippen LogP contribution in [0, 0.1) is 12.3 Å². The lowest BCUT2D eigenvalue weighted by Crippen LogP contribution is -2.54. The van der Waals surface area contributed by atoms with Gasteiger partial charge in [-0.25, -0.2) is 15.4 Å². The lowest BCUT2D eigenvalue weighted by Gasteiger charge is -2.42. The van der Waals surface area contributed by atoms with Crippen LogP contribution in [0.3, 0.4) is 0 Å². The fourth-order valence-electron chi connectivity index (χ4n) is 11.1. The van der Waals surface area contributed by atoms with E-state index in [9.17, 15) is 18.4 Å². The number of likely N-dealkylation sites (tertiary alicyclic amines) is 1. The molecule has 1 saturated heterocycles. The zero-order chi connectivity index (χ0) is 59.0. The summed E-state index contributed by atoms with van der Waals surface area (Å²) in [5.74, 6) is 1.13. The summed E-state index contributed by atoms with van der Waals surface area (Å²) in [4.78, 5) is 33.6. The number of nitrogens with zero attached hydrogens (tertiary/aromatic N) is 4. The molecule has 5 heterocycles. The average Bonchev–Trinajstić information content (AvgIpc) is 2.75. The van der Waals surface area contributed by atoms with E-state index in [-0.39, 0.29) is 34.6 Å². The minimum atomic E-state index is -3.64. The molecular formula is C66H84F2N10O5. The molecule has 0 bridgehead atoms. The van der Waals surface area contributed by atoms with Crippen LogP contribution in [0.15, 0.2) is 144 Å². The molecule has 3 atom stereocenters. The minimum Gasteiger partial charge on any atom is -0.463 e. The normalized spacial score (nSPS) is 18.8. The van der Waals surface area contributed by atoms with Crippen LogP contribution in [-0.4, -0.2) is 113 Å². The first-order valence-corrected chi connectivity index (χ1v) is 29.1. The van der Waals surface area contributed by atoms with Crippen molar-refractivity contribution in [2.75, 3.05) is 65.7 Å². The van der Waals surface area contributed by atoms with Crippen LogP contribution >= 0.6 is 0 Å². The van der Waals surface area contributed by atoms with Gasteiger partial charge in [-0.1, -0.05) is 125 Å². The van der Waals surface area contributed by atoms with Crippen LogP contribution < -0.4 is 41.5 Å². The molecule has 1 aliphatic carbocycles. The molecule has 0 amide bonds. The van der Waals surface area contributed by atoms with E-state index in [1.54, 1.807) is 30.7 Å². The van der Waals surface area contributed by atoms with E-state index >= 15 is 0 Å². The third-order valence-electron chi connectivity index (χ3n) is 16.3. The Morgan fingerprint density at radius 2 is 1.55 bits per heavy atom. The maximum absolute atomic E-state index is 13.4. The van der Waals surface area contributed by atoms with Gasteiger partial charge >= 0.3 is 6.29 Å². The van der Waals surface area contributed by atoms with Crippen molar-refractivity contribution in [3.05, 3.63) is 173 Å². The molecule has 15 nitrogen and oxygen atoms in total. The highest BCUT2D eigenvalue weighted by Gasteiger charge is 2.50. The van der Waals surface area contributed by atoms with Crippen LogP contribution in [0.25, 0.3) is 17.0 Å². The van der Waals surface area contributed by atoms with Crippen molar-refractivity contribution in [3.63, 3.8) is 0 Å². The standard InChI is InChI=1S/C33H44N6O2.C25H20F2N2O3.C8H20N2/c1-24(27-8-6-5-7-9-27)20-25(2)39-17-14-33(3,15-18-39)22-35-32-30-29(36-23-41-32)31(38(4)37-30)28-12-10-26(11-13-28)21-34-16-19-40;1-15-6-9-22(29-23(15)18-5-3-4-17(12-18)14-30)28-16(2)24(10-11-24)19-7-8-20-21(13-19)32-25(26,27)31-20;1-9-7-5-3-4-6-8-10-2/h5-13,19,23-24,30,32,34-35,37H,2,14-18,20-22H2,1,3-4H3;3-9,12-14H,2,10-11H2,1H3,(H,28,29);9-10H,3-8H2,1-2H3. The molecule has 1 saturated carbocycles. The van der Waals surface area contributed by atoms with E-state index < -0.39 is 6.29 Å². The number of aromatic nitrogens is 1. The molecule has 2 fully saturated rings. The molecule has 5 aliphatic rings. The summed E-state index contributed by atoms with van der Waals surface area (Å²) in [7, 11) is 6.04. The Bertz CT molecular complexity index is 3040. The lowest BCUT2D eigenvalue weighted by atomic mass is 9.80. The Morgan fingerprint density at radius 1 is 0.843 bits per heavy atom. The number of hydrogen-bond donors (Lipinski definition) is 6. The molecule has 442 valence electrons. The highest BCUT2D eigenvalue weighted by molar-refractivity contribution is 5.79. The minimum absolute atomic E-state index is 0.0236. The van der Waals surface area contributed by atoms with Crippen molar-refractivity contribution >= 4 is 30.5 Å². The Hall–Kier alpha value is -7.28. The molecule has 83 heavy (non-hydrogen) atoms. The summed E-state index contributed by atoms with van der Waals surface area (Å²) < 4.78 is 41.9. The summed E-state index contributed by atoms with van der Waals surface area (Å²) >= 11 is 0. The van der Waals surface area contributed by atoms with Crippen LogP contribution in [0.4, 0.5) is 14.6 Å². The Kier molecular flexibility index (Phi) is 21.4. The van der Waals surface area contributed by atoms with Gasteiger partial charge in [0.2, 0.25) is 0 Å². The van der Waals surface area contributed by atoms with Crippen LogP contribution in [-0.2, 0) is 21.5 Å². The number of benzene rings is 4. The molecule has 4 aliphatic heterocycles. The van der Waals surface area contributed by atoms with E-state index in [1.807, 2.05) is 57.3 Å². The number of carbonyl (C=O) groups is 2. The van der Waals surface area contributed by atoms with Gasteiger partial charge in [0.05, 0.1) is 23.6 Å². The van der Waals surface area contributed by atoms with Gasteiger partial charge in [-0.15, -0.1) is 8.78 Å². The molecule has 3 unspecified atom stereocenters. The summed E-state index contributed by atoms with van der Waals surface area (Å²) in [6.45, 7) is 21.6. The number of aryl methyl sites for hydroxylation is 1. The van der Waals surface area contributed by atoms with Crippen molar-refractivity contribution in [1.82, 2.24) is 41.6 Å². The molecule has 0 spiro atoms. The SMILES string of the molecule is C=C(CC(C)c1ccccc1)N1CCC(C)(CNC2OC=NC3=C(c4ccc(CNCC=O)cc4)N(C)NC32)CC1.C=C(Nc1ccc(C)c(-c2cccc(C=O)c2)n1)C1(c2ccc3c(c2)OC(F)(F)O3)CC1.CNCCCCCCNC. The second-order valence-corrected chi connectivity index (χ2v) is 22.7. The number of allylic oxidation sites excluding steroid dienone is 2. The largest absolute Gasteiger partial charge is 0.586 e. The van der Waals surface area contributed by atoms with Gasteiger partial charge in [0.25, 0.3) is 0 Å². The smallest absolute Gasteiger partial charge is 0.463 e. The fourth-order valence-corrected chi connectivity index (χ4v) is 11.1. The molecule has 6 N–H and O–H groups in total. The van der Waals surface area contributed by atoms with E-state index in [0.29, 0.717) is 30.4 Å². The predicted molar refractivity (Wildman–Crippen MR) is 327 cm³/mol. The number of rotatable bonds is 25. The molecule has 1 aromatic heterocycles. The van der Waals surface area contributed by atoms with Gasteiger partial charge in [-0.2, -0.15) is 0 Å². The van der Waals surface area contributed by atoms with Gasteiger partial charge in [0.15, 0.2) is 24.1 Å². The Morgan fingerprint density at radius 3 is 2.23 bits per heavy atom. The van der Waals surface area contributed by atoms with Gasteiger partial charge in [0, 0.05) is 66.7 Å². The summed E-state index contributed by atoms with van der Waals surface area (Å²) in [5.41, 5.74) is 15.0. The number of fused-ring (bicyclic) bond motifs is 2. The number of hydrazine groups is 1. The van der Waals surface area contributed by atoms with Crippen molar-refractivity contribution in [3.8, 4) is 22.8 Å². The van der Waals surface area contributed by atoms with Gasteiger partial charge in [-0.05, 0) is 137 Å². The number of hydrogen-bond acceptors (Lipinski definition) is 15. The molecule has 17 heteroatoms. The first-order chi connectivity index (χ1) is 40.1. The molecular weight excluding hydrogens is 1050 g/mol. The average molecular weight is 1140 g/mol. The Balaban J connectivity index is 0.000000190. The van der Waals surface area contributed by atoms with Crippen LogP contribution in [0.5, 0.6) is 11.5 Å². The number of unbranched alkanes of at least 4 members (excludes halogenated alkanes) is 3. The van der Waals surface area contributed by atoms with E-state index in [4.69, 9.17) is 9.72 Å². The van der Waals surface area contributed by atoms with E-state index in [2.05, 4.69) is 133 Å². The van der Waals surface area contributed by atoms with E-state index in [0.717, 1.165) is 115 Å². The number of carbonyl (C=O) groups excluding carboxylic acids is 2. The number of anilines is 1. The third kappa shape index (κ3) is 16.3. The van der Waals surface area contributed by atoms with Crippen molar-refractivity contribution in [1.29, 1.82) is 0 Å². The third-order valence-corrected chi connectivity index (χ3v) is 16.3. The topological polar surface area (TPSA) is 166 Å². The van der Waals surface area contributed by atoms with Crippen LogP contribution in [0.1, 0.15) is 116 Å². The summed E-state index contributed by atoms with van der Waals surface area (Å²) in [5, 5.41) is 18.5. The first-order valence-electron chi connectivity index (χ1n) is 29.1. The number of piperidine rings is 1. The zero-order valence-electron chi connectivity index (χ0n) is 49.2. The number of pyridine rings is 1. The van der Waals surface area contributed by atoms with E-state index in [1.165, 1.54) is 56.1 Å². The number of halogens is 2. The lowest BCUT2D eigenvalue weighted by molar-refractivity contribution is -0.286. The maximum Gasteiger partial charge on any atom is 0.586 e. The number of aldehydes is 2. The van der Waals surface area contributed by atoms with Crippen molar-refractivity contribution in [2.45, 2.75) is 115 Å². The van der Waals surface area contributed by atoms with Crippen LogP contribution in [0.2, 0.25) is 0 Å². The monoisotopic (exact) mass is 1130 g/mol. The first kappa shape index (κ1) is 61.8. The number of nitrogens with one attached hydrogen (secondary N) is 6. The number of aliphatic imine (C=N–C) groups is 1.